The van der Waals surface area contributed by atoms with Gasteiger partial charge in [0.05, 0.1) is 13.2 Å². The highest BCUT2D eigenvalue weighted by atomic mass is 16.3. The molecule has 0 spiro atoms. The van der Waals surface area contributed by atoms with Crippen molar-refractivity contribution in [3.8, 4) is 0 Å². The van der Waals surface area contributed by atoms with Crippen LogP contribution in [0.2, 0.25) is 0 Å². The molecule has 0 amide bonds. The Morgan fingerprint density at radius 3 is 2.87 bits per heavy atom. The van der Waals surface area contributed by atoms with E-state index in [9.17, 15) is 4.79 Å². The summed E-state index contributed by atoms with van der Waals surface area (Å²) < 4.78 is 1.47. The zero-order valence-electron chi connectivity index (χ0n) is 8.05. The third-order valence-electron chi connectivity index (χ3n) is 2.15. The van der Waals surface area contributed by atoms with Crippen molar-refractivity contribution in [3.63, 3.8) is 0 Å². The fourth-order valence-corrected chi connectivity index (χ4v) is 1.41. The van der Waals surface area contributed by atoms with Gasteiger partial charge in [-0.15, -0.1) is 0 Å². The maximum absolute atomic E-state index is 11.2. The third kappa shape index (κ3) is 2.13. The van der Waals surface area contributed by atoms with Crippen molar-refractivity contribution in [1.29, 1.82) is 0 Å². The second kappa shape index (κ2) is 4.10. The number of nitrogens with one attached hydrogen (secondary N) is 1. The van der Waals surface area contributed by atoms with Gasteiger partial charge < -0.3 is 5.11 Å². The highest BCUT2D eigenvalue weighted by Gasteiger charge is 1.99. The number of nitrogens with zero attached hydrogens (tertiary/aromatic N) is 2. The maximum Gasteiger partial charge on any atom is 0.343 e. The van der Waals surface area contributed by atoms with Crippen molar-refractivity contribution in [2.24, 2.45) is 0 Å². The summed E-state index contributed by atoms with van der Waals surface area (Å²) in [6.07, 6.45) is 1.45. The zero-order valence-corrected chi connectivity index (χ0v) is 8.05. The number of H-pyrrole nitrogens is 1. The molecule has 0 unspecified atom stereocenters. The molecular formula is C10H11N3O2. The van der Waals surface area contributed by atoms with E-state index in [1.54, 1.807) is 0 Å². The fourth-order valence-electron chi connectivity index (χ4n) is 1.41. The van der Waals surface area contributed by atoms with Crippen LogP contribution in [0.3, 0.4) is 0 Å². The standard InChI is InChI=1S/C10H11N3O2/c14-6-9-3-1-2-8(4-9)5-13-7-11-12-10(13)15/h1-4,7,14H,5-6H2,(H,12,15). The monoisotopic (exact) mass is 205 g/mol. The molecule has 5 nitrogen and oxygen atoms in total. The number of rotatable bonds is 3. The molecule has 0 bridgehead atoms. The summed E-state index contributed by atoms with van der Waals surface area (Å²) in [4.78, 5) is 11.2. The second-order valence-electron chi connectivity index (χ2n) is 3.27. The van der Waals surface area contributed by atoms with Crippen molar-refractivity contribution in [1.82, 2.24) is 14.8 Å². The van der Waals surface area contributed by atoms with Crippen molar-refractivity contribution in [3.05, 3.63) is 52.2 Å². The van der Waals surface area contributed by atoms with Gasteiger partial charge in [0.2, 0.25) is 0 Å². The smallest absolute Gasteiger partial charge is 0.343 e. The highest BCUT2D eigenvalue weighted by molar-refractivity contribution is 5.23. The lowest BCUT2D eigenvalue weighted by Crippen LogP contribution is -2.16. The molecule has 1 heterocycles. The summed E-state index contributed by atoms with van der Waals surface area (Å²) >= 11 is 0. The predicted octanol–water partition coefficient (Wildman–Crippen LogP) is 0.112. The molecule has 15 heavy (non-hydrogen) atoms. The molecule has 0 aliphatic carbocycles. The van der Waals surface area contributed by atoms with Crippen LogP contribution in [0.25, 0.3) is 0 Å². The van der Waals surface area contributed by atoms with E-state index in [1.165, 1.54) is 10.9 Å². The van der Waals surface area contributed by atoms with E-state index in [-0.39, 0.29) is 12.3 Å². The minimum Gasteiger partial charge on any atom is -0.392 e. The number of aromatic nitrogens is 3. The molecule has 0 aliphatic rings. The van der Waals surface area contributed by atoms with E-state index in [0.717, 1.165) is 11.1 Å². The van der Waals surface area contributed by atoms with Crippen LogP contribution in [-0.4, -0.2) is 19.9 Å². The Morgan fingerprint density at radius 1 is 1.40 bits per heavy atom. The first-order chi connectivity index (χ1) is 7.29. The van der Waals surface area contributed by atoms with Crippen LogP contribution >= 0.6 is 0 Å². The van der Waals surface area contributed by atoms with Crippen molar-refractivity contribution in [2.45, 2.75) is 13.2 Å². The van der Waals surface area contributed by atoms with Crippen LogP contribution in [0, 0.1) is 0 Å². The van der Waals surface area contributed by atoms with Crippen LogP contribution in [0.15, 0.2) is 35.4 Å². The lowest BCUT2D eigenvalue weighted by atomic mass is 10.1. The Hall–Kier alpha value is -1.88. The van der Waals surface area contributed by atoms with E-state index >= 15 is 0 Å². The van der Waals surface area contributed by atoms with E-state index in [0.29, 0.717) is 6.54 Å². The van der Waals surface area contributed by atoms with Crippen molar-refractivity contribution >= 4 is 0 Å². The zero-order chi connectivity index (χ0) is 10.7. The van der Waals surface area contributed by atoms with E-state index in [4.69, 9.17) is 5.11 Å². The Bertz CT molecular complexity index is 501. The second-order valence-corrected chi connectivity index (χ2v) is 3.27. The molecule has 0 radical (unpaired) electrons. The van der Waals surface area contributed by atoms with E-state index in [1.807, 2.05) is 24.3 Å². The normalized spacial score (nSPS) is 10.5. The first-order valence-corrected chi connectivity index (χ1v) is 4.58. The van der Waals surface area contributed by atoms with Gasteiger partial charge in [0.1, 0.15) is 6.33 Å². The van der Waals surface area contributed by atoms with Gasteiger partial charge in [-0.3, -0.25) is 4.57 Å². The Labute approximate surface area is 86.0 Å². The molecule has 0 aliphatic heterocycles. The molecule has 5 heteroatoms. The average molecular weight is 205 g/mol. The van der Waals surface area contributed by atoms with E-state index < -0.39 is 0 Å². The number of hydrogen-bond donors (Lipinski definition) is 2. The van der Waals surface area contributed by atoms with Crippen LogP contribution < -0.4 is 5.69 Å². The number of aliphatic hydroxyl groups excluding tert-OH is 1. The molecule has 2 N–H and O–H groups in total. The number of aliphatic hydroxyl groups is 1. The average Bonchev–Trinajstić information content (AvgIpc) is 2.65. The lowest BCUT2D eigenvalue weighted by Gasteiger charge is -2.02. The quantitative estimate of drug-likeness (QED) is 0.747. The van der Waals surface area contributed by atoms with Crippen LogP contribution in [-0.2, 0) is 13.2 Å². The minimum atomic E-state index is -0.232. The Kier molecular flexibility index (Phi) is 2.64. The topological polar surface area (TPSA) is 70.9 Å². The fraction of sp³-hybridized carbons (Fsp3) is 0.200. The Morgan fingerprint density at radius 2 is 2.20 bits per heavy atom. The van der Waals surface area contributed by atoms with Gasteiger partial charge in [0.15, 0.2) is 0 Å². The van der Waals surface area contributed by atoms with Gasteiger partial charge in [-0.25, -0.2) is 9.89 Å². The molecular weight excluding hydrogens is 194 g/mol. The van der Waals surface area contributed by atoms with Gasteiger partial charge in [-0.2, -0.15) is 5.10 Å². The third-order valence-corrected chi connectivity index (χ3v) is 2.15. The molecule has 0 fully saturated rings. The van der Waals surface area contributed by atoms with Crippen molar-refractivity contribution < 1.29 is 5.11 Å². The van der Waals surface area contributed by atoms with Gasteiger partial charge in [-0.05, 0) is 11.1 Å². The van der Waals surface area contributed by atoms with Gasteiger partial charge in [0, 0.05) is 0 Å². The van der Waals surface area contributed by atoms with Gasteiger partial charge in [-0.1, -0.05) is 24.3 Å². The minimum absolute atomic E-state index is 0.00806. The number of hydrogen-bond acceptors (Lipinski definition) is 3. The molecule has 0 atom stereocenters. The van der Waals surface area contributed by atoms with Gasteiger partial charge in [0.25, 0.3) is 0 Å². The predicted molar refractivity (Wildman–Crippen MR) is 54.3 cm³/mol. The summed E-state index contributed by atoms with van der Waals surface area (Å²) in [5, 5.41) is 14.9. The van der Waals surface area contributed by atoms with Crippen LogP contribution in [0.5, 0.6) is 0 Å². The molecule has 1 aromatic carbocycles. The summed E-state index contributed by atoms with van der Waals surface area (Å²) in [6.45, 7) is 0.470. The number of benzene rings is 1. The van der Waals surface area contributed by atoms with Crippen LogP contribution in [0.4, 0.5) is 0 Å². The largest absolute Gasteiger partial charge is 0.392 e. The van der Waals surface area contributed by atoms with Crippen molar-refractivity contribution in [2.75, 3.05) is 0 Å². The maximum atomic E-state index is 11.2. The summed E-state index contributed by atoms with van der Waals surface area (Å²) in [6, 6.07) is 7.45. The first kappa shape index (κ1) is 9.67. The SMILES string of the molecule is O=c1[nH]ncn1Cc1cccc(CO)c1. The lowest BCUT2D eigenvalue weighted by molar-refractivity contribution is 0.281. The molecule has 0 saturated carbocycles. The molecule has 2 aromatic rings. The van der Waals surface area contributed by atoms with E-state index in [2.05, 4.69) is 10.2 Å². The number of aromatic amines is 1. The summed E-state index contributed by atoms with van der Waals surface area (Å²) in [5.41, 5.74) is 1.57. The highest BCUT2D eigenvalue weighted by Crippen LogP contribution is 2.05. The molecule has 0 saturated heterocycles. The molecule has 1 aromatic heterocycles. The van der Waals surface area contributed by atoms with Crippen LogP contribution in [0.1, 0.15) is 11.1 Å². The molecule has 78 valence electrons. The molecule has 2 rings (SSSR count). The first-order valence-electron chi connectivity index (χ1n) is 4.58. The van der Waals surface area contributed by atoms with Gasteiger partial charge >= 0.3 is 5.69 Å². The Balaban J connectivity index is 2.24. The summed E-state index contributed by atoms with van der Waals surface area (Å²) in [7, 11) is 0. The summed E-state index contributed by atoms with van der Waals surface area (Å²) in [5.74, 6) is 0.